The Morgan fingerprint density at radius 2 is 2.25 bits per heavy atom. The molecule has 1 saturated heterocycles. The summed E-state index contributed by atoms with van der Waals surface area (Å²) in [6, 6.07) is 6.46. The van der Waals surface area contributed by atoms with Gasteiger partial charge in [0, 0.05) is 0 Å². The summed E-state index contributed by atoms with van der Waals surface area (Å²) >= 11 is 0. The van der Waals surface area contributed by atoms with Gasteiger partial charge in [-0.3, -0.25) is 5.84 Å². The average Bonchev–Trinajstić information content (AvgIpc) is 2.20. The van der Waals surface area contributed by atoms with E-state index in [1.165, 1.54) is 17.4 Å². The van der Waals surface area contributed by atoms with E-state index in [0.717, 1.165) is 25.3 Å². The largest absolute Gasteiger partial charge is 0.487 e. The summed E-state index contributed by atoms with van der Waals surface area (Å²) in [7, 11) is 2.20. The molecule has 0 atom stereocenters. The first-order chi connectivity index (χ1) is 7.69. The first-order valence-electron chi connectivity index (χ1n) is 5.95. The number of hydrogen-bond acceptors (Lipinski definition) is 3. The molecule has 0 bridgehead atoms. The molecule has 86 valence electrons. The van der Waals surface area contributed by atoms with E-state index in [2.05, 4.69) is 33.0 Å². The zero-order chi connectivity index (χ0) is 11.5. The lowest BCUT2D eigenvalue weighted by atomic mass is 9.96. The van der Waals surface area contributed by atoms with E-state index in [1.54, 1.807) is 5.01 Å². The van der Waals surface area contributed by atoms with Crippen LogP contribution >= 0.6 is 0 Å². The van der Waals surface area contributed by atoms with Crippen molar-refractivity contribution in [1.29, 1.82) is 0 Å². The molecule has 0 aliphatic carbocycles. The highest BCUT2D eigenvalue weighted by Gasteiger charge is 2.25. The van der Waals surface area contributed by atoms with Crippen molar-refractivity contribution in [3.8, 4) is 5.75 Å². The number of rotatable bonds is 4. The summed E-state index contributed by atoms with van der Waals surface area (Å²) in [5.41, 5.74) is 2.61. The predicted molar refractivity (Wildman–Crippen MR) is 68.4 cm³/mol. The van der Waals surface area contributed by atoms with Crippen LogP contribution in [0, 0.1) is 6.92 Å². The predicted octanol–water partition coefficient (Wildman–Crippen LogP) is 0.526. The molecule has 2 rings (SSSR count). The third-order valence-electron chi connectivity index (χ3n) is 2.95. The Kier molecular flexibility index (Phi) is 3.51. The highest BCUT2D eigenvalue weighted by Crippen LogP contribution is 2.22. The highest BCUT2D eigenvalue weighted by molar-refractivity contribution is 6.08. The fraction of sp³-hybridized carbons (Fsp3) is 0.500. The quantitative estimate of drug-likeness (QED) is 0.591. The number of ether oxygens (including phenoxy) is 1. The van der Waals surface area contributed by atoms with E-state index in [0.29, 0.717) is 0 Å². The molecule has 1 fully saturated rings. The van der Waals surface area contributed by atoms with Crippen LogP contribution in [0.4, 0.5) is 0 Å². The molecule has 0 saturated carbocycles. The number of hydrogen-bond donors (Lipinski definition) is 1. The minimum atomic E-state index is 0.265. The Hall–Kier alpha value is -0.995. The molecular weight excluding hydrogens is 199 g/mol. The second-order valence-corrected chi connectivity index (χ2v) is 4.54. The van der Waals surface area contributed by atoms with Gasteiger partial charge in [-0.15, -0.1) is 0 Å². The molecule has 0 aromatic heterocycles. The zero-order valence-electron chi connectivity index (χ0n) is 10.1. The Bertz CT molecular complexity index is 364. The maximum atomic E-state index is 5.86. The number of nitrogens with two attached hydrogens (primary N) is 1. The Morgan fingerprint density at radius 1 is 1.50 bits per heavy atom. The molecule has 3 nitrogen and oxygen atoms in total. The molecule has 2 N–H and O–H groups in total. The Morgan fingerprint density at radius 3 is 2.81 bits per heavy atom. The van der Waals surface area contributed by atoms with E-state index in [-0.39, 0.29) is 6.10 Å². The van der Waals surface area contributed by atoms with Gasteiger partial charge in [0.05, 0.1) is 13.1 Å². The van der Waals surface area contributed by atoms with Gasteiger partial charge in [0.25, 0.3) is 0 Å². The summed E-state index contributed by atoms with van der Waals surface area (Å²) < 4.78 is 5.86. The molecule has 1 aromatic rings. The summed E-state index contributed by atoms with van der Waals surface area (Å²) in [5.74, 6) is 6.58. The SMILES string of the molecule is BCCc1ccc(OC2CN(N)C2)c(C)c1. The molecule has 0 unspecified atom stereocenters. The first-order valence-corrected chi connectivity index (χ1v) is 5.95. The molecule has 0 radical (unpaired) electrons. The summed E-state index contributed by atoms with van der Waals surface area (Å²) in [6.45, 7) is 3.76. The molecule has 0 spiro atoms. The monoisotopic (exact) mass is 218 g/mol. The fourth-order valence-corrected chi connectivity index (χ4v) is 2.01. The van der Waals surface area contributed by atoms with Crippen molar-refractivity contribution in [3.05, 3.63) is 29.3 Å². The summed E-state index contributed by atoms with van der Waals surface area (Å²) in [4.78, 5) is 0. The summed E-state index contributed by atoms with van der Waals surface area (Å²) in [5, 5.41) is 1.77. The number of aryl methyl sites for hydroxylation is 2. The van der Waals surface area contributed by atoms with Gasteiger partial charge >= 0.3 is 0 Å². The standard InChI is InChI=1S/C12H19BN2O/c1-9-6-10(4-5-13)2-3-12(9)16-11-7-15(14)8-11/h2-3,6,11H,4-5,7-8,13-14H2,1H3. The number of hydrazine groups is 1. The molecule has 1 heterocycles. The second kappa shape index (κ2) is 4.89. The first kappa shape index (κ1) is 11.5. The Balaban J connectivity index is 1.99. The van der Waals surface area contributed by atoms with E-state index in [9.17, 15) is 0 Å². The van der Waals surface area contributed by atoms with Crippen LogP contribution in [-0.4, -0.2) is 32.0 Å². The molecular formula is C12H19BN2O. The number of benzene rings is 1. The van der Waals surface area contributed by atoms with Crippen LogP contribution in [0.15, 0.2) is 18.2 Å². The van der Waals surface area contributed by atoms with Crippen LogP contribution < -0.4 is 10.6 Å². The van der Waals surface area contributed by atoms with Gasteiger partial charge in [0.15, 0.2) is 0 Å². The van der Waals surface area contributed by atoms with E-state index in [1.807, 2.05) is 0 Å². The van der Waals surface area contributed by atoms with Gasteiger partial charge in [-0.05, 0) is 30.5 Å². The zero-order valence-corrected chi connectivity index (χ0v) is 10.1. The molecule has 4 heteroatoms. The van der Waals surface area contributed by atoms with Crippen molar-refractivity contribution >= 4 is 7.85 Å². The van der Waals surface area contributed by atoms with Crippen LogP contribution in [0.1, 0.15) is 11.1 Å². The van der Waals surface area contributed by atoms with Gasteiger partial charge in [-0.2, -0.15) is 0 Å². The van der Waals surface area contributed by atoms with Crippen LogP contribution in [-0.2, 0) is 6.42 Å². The smallest absolute Gasteiger partial charge is 0.127 e. The second-order valence-electron chi connectivity index (χ2n) is 4.54. The van der Waals surface area contributed by atoms with E-state index < -0.39 is 0 Å². The maximum absolute atomic E-state index is 5.86. The van der Waals surface area contributed by atoms with E-state index >= 15 is 0 Å². The van der Waals surface area contributed by atoms with Crippen molar-refractivity contribution in [3.63, 3.8) is 0 Å². The average molecular weight is 218 g/mol. The van der Waals surface area contributed by atoms with Gasteiger partial charge in [-0.1, -0.05) is 18.5 Å². The molecule has 16 heavy (non-hydrogen) atoms. The molecule has 0 amide bonds. The van der Waals surface area contributed by atoms with Crippen molar-refractivity contribution in [2.75, 3.05) is 13.1 Å². The van der Waals surface area contributed by atoms with E-state index in [4.69, 9.17) is 10.6 Å². The third-order valence-corrected chi connectivity index (χ3v) is 2.95. The van der Waals surface area contributed by atoms with Crippen LogP contribution in [0.5, 0.6) is 5.75 Å². The van der Waals surface area contributed by atoms with Gasteiger partial charge < -0.3 is 4.74 Å². The minimum Gasteiger partial charge on any atom is -0.487 e. The van der Waals surface area contributed by atoms with Crippen LogP contribution in [0.2, 0.25) is 6.32 Å². The van der Waals surface area contributed by atoms with Crippen molar-refractivity contribution in [2.45, 2.75) is 25.8 Å². The lowest BCUT2D eigenvalue weighted by Crippen LogP contribution is -2.57. The van der Waals surface area contributed by atoms with Crippen LogP contribution in [0.25, 0.3) is 0 Å². The highest BCUT2D eigenvalue weighted by atomic mass is 16.5. The number of nitrogens with zero attached hydrogens (tertiary/aromatic N) is 1. The van der Waals surface area contributed by atoms with Gasteiger partial charge in [0.2, 0.25) is 0 Å². The fourth-order valence-electron chi connectivity index (χ4n) is 2.01. The third kappa shape index (κ3) is 2.57. The Labute approximate surface area is 98.0 Å². The van der Waals surface area contributed by atoms with Crippen molar-refractivity contribution in [2.24, 2.45) is 5.84 Å². The minimum absolute atomic E-state index is 0.265. The van der Waals surface area contributed by atoms with Crippen molar-refractivity contribution < 1.29 is 4.74 Å². The molecule has 1 aromatic carbocycles. The van der Waals surface area contributed by atoms with Gasteiger partial charge in [0.1, 0.15) is 19.7 Å². The van der Waals surface area contributed by atoms with Crippen molar-refractivity contribution in [1.82, 2.24) is 5.01 Å². The van der Waals surface area contributed by atoms with Crippen LogP contribution in [0.3, 0.4) is 0 Å². The topological polar surface area (TPSA) is 38.5 Å². The maximum Gasteiger partial charge on any atom is 0.127 e. The normalized spacial score (nSPS) is 17.1. The van der Waals surface area contributed by atoms with Gasteiger partial charge in [-0.25, -0.2) is 5.01 Å². The lowest BCUT2D eigenvalue weighted by Gasteiger charge is -2.35. The summed E-state index contributed by atoms with van der Waals surface area (Å²) in [6.07, 6.45) is 2.59. The molecule has 1 aliphatic heterocycles. The molecule has 1 aliphatic rings. The lowest BCUT2D eigenvalue weighted by molar-refractivity contribution is 0.0193.